The van der Waals surface area contributed by atoms with Gasteiger partial charge in [0.15, 0.2) is 0 Å². The molecule has 0 aliphatic heterocycles. The van der Waals surface area contributed by atoms with Gasteiger partial charge in [-0.15, -0.1) is 0 Å². The zero-order valence-corrected chi connectivity index (χ0v) is 10.5. The summed E-state index contributed by atoms with van der Waals surface area (Å²) >= 11 is 0. The molecule has 0 unspecified atom stereocenters. The number of rotatable bonds is 4. The fraction of sp³-hybridized carbons (Fsp3) is 0.167. The summed E-state index contributed by atoms with van der Waals surface area (Å²) in [5.41, 5.74) is 4.43. The van der Waals surface area contributed by atoms with Crippen LogP contribution in [0.15, 0.2) is 54.6 Å². The Morgan fingerprint density at radius 3 is 2.37 bits per heavy atom. The first-order valence-electron chi connectivity index (χ1n) is 6.05. The minimum Gasteiger partial charge on any atom is -0.298 e. The van der Waals surface area contributed by atoms with Crippen LogP contribution in [0.25, 0.3) is 6.08 Å². The van der Waals surface area contributed by atoms with Crippen LogP contribution in [0.5, 0.6) is 0 Å². The number of carbonyl (C=O) groups is 1. The molecule has 2 rings (SSSR count). The SMILES string of the molecule is C.Cc1cccc(/C=C\Cc2ccc(C=O)cc2)c1. The Morgan fingerprint density at radius 1 is 1.00 bits per heavy atom. The Balaban J connectivity index is 0.00000180. The summed E-state index contributed by atoms with van der Waals surface area (Å²) in [7, 11) is 0. The van der Waals surface area contributed by atoms with Crippen LogP contribution in [0.4, 0.5) is 0 Å². The molecule has 0 bridgehead atoms. The molecule has 0 amide bonds. The van der Waals surface area contributed by atoms with Crippen LogP contribution in [-0.2, 0) is 6.42 Å². The molecule has 2 aromatic rings. The molecule has 0 radical (unpaired) electrons. The van der Waals surface area contributed by atoms with Crippen LogP contribution in [0, 0.1) is 6.92 Å². The van der Waals surface area contributed by atoms with E-state index in [9.17, 15) is 4.79 Å². The van der Waals surface area contributed by atoms with E-state index in [2.05, 4.69) is 43.3 Å². The second-order valence-corrected chi connectivity index (χ2v) is 4.38. The molecule has 19 heavy (non-hydrogen) atoms. The number of hydrogen-bond donors (Lipinski definition) is 0. The molecule has 0 N–H and O–H groups in total. The van der Waals surface area contributed by atoms with Crippen molar-refractivity contribution in [1.29, 1.82) is 0 Å². The van der Waals surface area contributed by atoms with Gasteiger partial charge in [0, 0.05) is 5.56 Å². The predicted octanol–water partition coefficient (Wildman–Crippen LogP) is 4.70. The Morgan fingerprint density at radius 2 is 1.74 bits per heavy atom. The lowest BCUT2D eigenvalue weighted by molar-refractivity contribution is 0.112. The van der Waals surface area contributed by atoms with Gasteiger partial charge in [-0.3, -0.25) is 4.79 Å². The van der Waals surface area contributed by atoms with Crippen molar-refractivity contribution in [1.82, 2.24) is 0 Å². The molecule has 0 saturated carbocycles. The first-order chi connectivity index (χ1) is 8.78. The largest absolute Gasteiger partial charge is 0.298 e. The summed E-state index contributed by atoms with van der Waals surface area (Å²) in [4.78, 5) is 10.5. The lowest BCUT2D eigenvalue weighted by Crippen LogP contribution is -1.83. The summed E-state index contributed by atoms with van der Waals surface area (Å²) in [6, 6.07) is 16.1. The molecule has 0 atom stereocenters. The number of carbonyl (C=O) groups excluding carboxylic acids is 1. The average molecular weight is 252 g/mol. The molecule has 98 valence electrons. The van der Waals surface area contributed by atoms with Gasteiger partial charge >= 0.3 is 0 Å². The molecule has 1 nitrogen and oxygen atoms in total. The smallest absolute Gasteiger partial charge is 0.150 e. The van der Waals surface area contributed by atoms with Crippen molar-refractivity contribution in [3.05, 3.63) is 76.9 Å². The second-order valence-electron chi connectivity index (χ2n) is 4.38. The number of aldehydes is 1. The van der Waals surface area contributed by atoms with Gasteiger partial charge in [-0.05, 0) is 24.5 Å². The van der Waals surface area contributed by atoms with Gasteiger partial charge in [0.05, 0.1) is 0 Å². The molecule has 0 aromatic heterocycles. The van der Waals surface area contributed by atoms with Crippen molar-refractivity contribution < 1.29 is 4.79 Å². The predicted molar refractivity (Wildman–Crippen MR) is 82.5 cm³/mol. The normalized spacial score (nSPS) is 10.2. The molecule has 0 saturated heterocycles. The van der Waals surface area contributed by atoms with Crippen LogP contribution >= 0.6 is 0 Å². The maximum Gasteiger partial charge on any atom is 0.150 e. The fourth-order valence-electron chi connectivity index (χ4n) is 1.84. The number of benzene rings is 2. The molecule has 0 fully saturated rings. The van der Waals surface area contributed by atoms with E-state index >= 15 is 0 Å². The van der Waals surface area contributed by atoms with E-state index in [4.69, 9.17) is 0 Å². The Kier molecular flexibility index (Phi) is 5.74. The fourth-order valence-corrected chi connectivity index (χ4v) is 1.84. The second kappa shape index (κ2) is 7.32. The molecular formula is C18H20O. The van der Waals surface area contributed by atoms with Crippen LogP contribution in [0.3, 0.4) is 0 Å². The highest BCUT2D eigenvalue weighted by Crippen LogP contribution is 2.08. The van der Waals surface area contributed by atoms with Crippen LogP contribution in [0.1, 0.15) is 34.5 Å². The number of allylic oxidation sites excluding steroid dienone is 1. The van der Waals surface area contributed by atoms with Gasteiger partial charge in [0.1, 0.15) is 6.29 Å². The third-order valence-electron chi connectivity index (χ3n) is 2.82. The van der Waals surface area contributed by atoms with Crippen LogP contribution in [0.2, 0.25) is 0 Å². The average Bonchev–Trinajstić information content (AvgIpc) is 2.40. The van der Waals surface area contributed by atoms with Crippen LogP contribution < -0.4 is 0 Å². The Bertz CT molecular complexity index is 550. The minimum absolute atomic E-state index is 0. The highest BCUT2D eigenvalue weighted by atomic mass is 16.1. The first kappa shape index (κ1) is 14.9. The van der Waals surface area contributed by atoms with Crippen molar-refractivity contribution in [3.8, 4) is 0 Å². The highest BCUT2D eigenvalue weighted by Gasteiger charge is 1.92. The number of aryl methyl sites for hydroxylation is 1. The van der Waals surface area contributed by atoms with Crippen molar-refractivity contribution in [3.63, 3.8) is 0 Å². The van der Waals surface area contributed by atoms with E-state index in [0.29, 0.717) is 0 Å². The number of hydrogen-bond acceptors (Lipinski definition) is 1. The highest BCUT2D eigenvalue weighted by molar-refractivity contribution is 5.74. The quantitative estimate of drug-likeness (QED) is 0.721. The molecular weight excluding hydrogens is 232 g/mol. The lowest BCUT2D eigenvalue weighted by atomic mass is 10.1. The van der Waals surface area contributed by atoms with E-state index in [-0.39, 0.29) is 7.43 Å². The molecule has 1 heteroatoms. The summed E-state index contributed by atoms with van der Waals surface area (Å²) in [5, 5.41) is 0. The zero-order valence-electron chi connectivity index (χ0n) is 10.5. The third kappa shape index (κ3) is 4.55. The van der Waals surface area contributed by atoms with E-state index in [1.807, 2.05) is 24.3 Å². The molecule has 0 spiro atoms. The van der Waals surface area contributed by atoms with Gasteiger partial charge < -0.3 is 0 Å². The minimum atomic E-state index is 0. The van der Waals surface area contributed by atoms with Gasteiger partial charge in [0.25, 0.3) is 0 Å². The van der Waals surface area contributed by atoms with E-state index < -0.39 is 0 Å². The third-order valence-corrected chi connectivity index (χ3v) is 2.82. The van der Waals surface area contributed by atoms with E-state index in [0.717, 1.165) is 18.3 Å². The summed E-state index contributed by atoms with van der Waals surface area (Å²) in [6.07, 6.45) is 6.02. The van der Waals surface area contributed by atoms with Gasteiger partial charge in [-0.2, -0.15) is 0 Å². The summed E-state index contributed by atoms with van der Waals surface area (Å²) in [6.45, 7) is 2.09. The van der Waals surface area contributed by atoms with Crippen LogP contribution in [-0.4, -0.2) is 6.29 Å². The van der Waals surface area contributed by atoms with Crippen molar-refractivity contribution >= 4 is 12.4 Å². The Hall–Kier alpha value is -2.15. The first-order valence-corrected chi connectivity index (χ1v) is 6.05. The maximum absolute atomic E-state index is 10.5. The van der Waals surface area contributed by atoms with Crippen molar-refractivity contribution in [2.24, 2.45) is 0 Å². The van der Waals surface area contributed by atoms with Gasteiger partial charge in [0.2, 0.25) is 0 Å². The molecule has 0 aliphatic rings. The standard InChI is InChI=1S/C17H16O.CH4/c1-14-4-2-6-16(12-14)7-3-5-15-8-10-17(13-18)11-9-15;/h2-4,6-13H,5H2,1H3;1H4/b7-3-;. The van der Waals surface area contributed by atoms with Gasteiger partial charge in [-0.25, -0.2) is 0 Å². The van der Waals surface area contributed by atoms with Crippen molar-refractivity contribution in [2.75, 3.05) is 0 Å². The maximum atomic E-state index is 10.5. The topological polar surface area (TPSA) is 17.1 Å². The lowest BCUT2D eigenvalue weighted by Gasteiger charge is -1.98. The molecule has 0 heterocycles. The van der Waals surface area contributed by atoms with E-state index in [1.165, 1.54) is 16.7 Å². The summed E-state index contributed by atoms with van der Waals surface area (Å²) in [5.74, 6) is 0. The zero-order chi connectivity index (χ0) is 12.8. The molecule has 0 aliphatic carbocycles. The molecule has 2 aromatic carbocycles. The van der Waals surface area contributed by atoms with E-state index in [1.54, 1.807) is 0 Å². The Labute approximate surface area is 115 Å². The summed E-state index contributed by atoms with van der Waals surface area (Å²) < 4.78 is 0. The monoisotopic (exact) mass is 252 g/mol. The van der Waals surface area contributed by atoms with Crippen molar-refractivity contribution in [2.45, 2.75) is 20.8 Å². The van der Waals surface area contributed by atoms with Gasteiger partial charge in [-0.1, -0.05) is 73.7 Å².